The summed E-state index contributed by atoms with van der Waals surface area (Å²) in [4.78, 5) is 0. The number of nitrogens with two attached hydrogens (primary N) is 1. The van der Waals surface area contributed by atoms with Gasteiger partial charge in [-0.05, 0) is 12.8 Å². The molecular weight excluding hydrogens is 214 g/mol. The highest BCUT2D eigenvalue weighted by molar-refractivity contribution is 7.89. The number of hydrogen-bond acceptors (Lipinski definition) is 3. The van der Waals surface area contributed by atoms with Crippen molar-refractivity contribution in [2.75, 3.05) is 5.75 Å². The zero-order valence-electron chi connectivity index (χ0n) is 9.41. The van der Waals surface area contributed by atoms with Crippen LogP contribution in [0, 0.1) is 5.41 Å². The molecular formula is C9H21N3O2S. The molecule has 0 saturated carbocycles. The van der Waals surface area contributed by atoms with Gasteiger partial charge in [0.15, 0.2) is 0 Å². The van der Waals surface area contributed by atoms with Crippen molar-refractivity contribution in [3.63, 3.8) is 0 Å². The lowest BCUT2D eigenvalue weighted by Gasteiger charge is -2.16. The van der Waals surface area contributed by atoms with Crippen LogP contribution in [0.2, 0.25) is 0 Å². The first-order valence-electron chi connectivity index (χ1n) is 5.26. The molecule has 0 amide bonds. The first kappa shape index (κ1) is 14.4. The van der Waals surface area contributed by atoms with Crippen molar-refractivity contribution in [3.8, 4) is 0 Å². The third-order valence-electron chi connectivity index (χ3n) is 2.04. The third kappa shape index (κ3) is 6.46. The number of amidine groups is 1. The van der Waals surface area contributed by atoms with Gasteiger partial charge >= 0.3 is 0 Å². The second-order valence-corrected chi connectivity index (χ2v) is 5.46. The van der Waals surface area contributed by atoms with Gasteiger partial charge in [-0.1, -0.05) is 26.7 Å². The highest BCUT2D eigenvalue weighted by Gasteiger charge is 2.18. The molecule has 0 aliphatic carbocycles. The molecule has 0 heterocycles. The predicted molar refractivity (Wildman–Crippen MR) is 62.4 cm³/mol. The smallest absolute Gasteiger partial charge is 0.212 e. The van der Waals surface area contributed by atoms with E-state index in [0.717, 1.165) is 12.8 Å². The zero-order chi connectivity index (χ0) is 11.9. The van der Waals surface area contributed by atoms with E-state index in [4.69, 9.17) is 11.1 Å². The quantitative estimate of drug-likeness (QED) is 0.429. The molecule has 15 heavy (non-hydrogen) atoms. The van der Waals surface area contributed by atoms with Gasteiger partial charge in [0.05, 0.1) is 11.8 Å². The van der Waals surface area contributed by atoms with E-state index in [-0.39, 0.29) is 11.6 Å². The van der Waals surface area contributed by atoms with Gasteiger partial charge in [-0.2, -0.15) is 0 Å². The van der Waals surface area contributed by atoms with Crippen LogP contribution in [0.4, 0.5) is 0 Å². The van der Waals surface area contributed by atoms with Crippen molar-refractivity contribution in [1.29, 1.82) is 5.41 Å². The van der Waals surface area contributed by atoms with E-state index in [2.05, 4.69) is 4.72 Å². The van der Waals surface area contributed by atoms with Crippen molar-refractivity contribution >= 4 is 15.9 Å². The Hall–Kier alpha value is -0.620. The van der Waals surface area contributed by atoms with Gasteiger partial charge in [0.1, 0.15) is 5.84 Å². The van der Waals surface area contributed by atoms with E-state index in [9.17, 15) is 8.42 Å². The lowest BCUT2D eigenvalue weighted by molar-refractivity contribution is 0.562. The second kappa shape index (κ2) is 6.79. The maximum Gasteiger partial charge on any atom is 0.212 e. The summed E-state index contributed by atoms with van der Waals surface area (Å²) in [5.74, 6) is -0.00583. The Morgan fingerprint density at radius 2 is 2.00 bits per heavy atom. The van der Waals surface area contributed by atoms with Crippen LogP contribution >= 0.6 is 0 Å². The summed E-state index contributed by atoms with van der Waals surface area (Å²) in [6.45, 7) is 3.86. The lowest BCUT2D eigenvalue weighted by Crippen LogP contribution is -2.44. The molecule has 0 fully saturated rings. The molecule has 0 aliphatic rings. The van der Waals surface area contributed by atoms with Crippen LogP contribution in [0.5, 0.6) is 0 Å². The van der Waals surface area contributed by atoms with Crippen molar-refractivity contribution < 1.29 is 8.42 Å². The van der Waals surface area contributed by atoms with Gasteiger partial charge in [0, 0.05) is 0 Å². The van der Waals surface area contributed by atoms with E-state index in [1.54, 1.807) is 0 Å². The molecule has 0 bridgehead atoms. The summed E-state index contributed by atoms with van der Waals surface area (Å²) in [6, 6.07) is -0.545. The maximum absolute atomic E-state index is 11.5. The normalized spacial score (nSPS) is 13.7. The van der Waals surface area contributed by atoms with Gasteiger partial charge in [0.25, 0.3) is 0 Å². The number of rotatable bonds is 8. The molecule has 0 saturated heterocycles. The summed E-state index contributed by atoms with van der Waals surface area (Å²) >= 11 is 0. The highest BCUT2D eigenvalue weighted by atomic mass is 32.2. The number of unbranched alkanes of at least 4 members (excludes halogenated alkanes) is 1. The number of hydrogen-bond donors (Lipinski definition) is 3. The van der Waals surface area contributed by atoms with Crippen LogP contribution < -0.4 is 10.5 Å². The summed E-state index contributed by atoms with van der Waals surface area (Å²) in [5, 5.41) is 7.26. The standard InChI is InChI=1S/C9H21N3O2S/c1-3-5-7-15(13,14)12-8(6-4-2)9(10)11/h8,12H,3-7H2,1-2H3,(H3,10,11). The minimum absolute atomic E-state index is 0.108. The maximum atomic E-state index is 11.5. The van der Waals surface area contributed by atoms with Crippen molar-refractivity contribution in [3.05, 3.63) is 0 Å². The van der Waals surface area contributed by atoms with E-state index in [1.165, 1.54) is 0 Å². The second-order valence-electron chi connectivity index (χ2n) is 3.59. The largest absolute Gasteiger partial charge is 0.386 e. The topological polar surface area (TPSA) is 96.0 Å². The molecule has 5 nitrogen and oxygen atoms in total. The molecule has 0 radical (unpaired) electrons. The first-order chi connectivity index (χ1) is 6.93. The SMILES string of the molecule is CCCCS(=O)(=O)NC(CCC)C(=N)N. The molecule has 0 aliphatic heterocycles. The molecule has 1 unspecified atom stereocenters. The fourth-order valence-electron chi connectivity index (χ4n) is 1.18. The lowest BCUT2D eigenvalue weighted by atomic mass is 10.2. The van der Waals surface area contributed by atoms with Crippen LogP contribution in [-0.2, 0) is 10.0 Å². The fourth-order valence-corrected chi connectivity index (χ4v) is 2.64. The van der Waals surface area contributed by atoms with Gasteiger partial charge in [-0.25, -0.2) is 13.1 Å². The van der Waals surface area contributed by atoms with Gasteiger partial charge in [-0.3, -0.25) is 5.41 Å². The Labute approximate surface area is 92.0 Å². The number of sulfonamides is 1. The molecule has 90 valence electrons. The molecule has 4 N–H and O–H groups in total. The Balaban J connectivity index is 4.32. The Morgan fingerprint density at radius 3 is 2.40 bits per heavy atom. The average Bonchev–Trinajstić information content (AvgIpc) is 2.14. The van der Waals surface area contributed by atoms with Gasteiger partial charge < -0.3 is 5.73 Å². The molecule has 1 atom stereocenters. The number of nitrogens with one attached hydrogen (secondary N) is 2. The van der Waals surface area contributed by atoms with Crippen LogP contribution in [0.3, 0.4) is 0 Å². The van der Waals surface area contributed by atoms with Crippen molar-refractivity contribution in [2.45, 2.75) is 45.6 Å². The first-order valence-corrected chi connectivity index (χ1v) is 6.92. The summed E-state index contributed by atoms with van der Waals surface area (Å²) in [5.41, 5.74) is 5.31. The minimum Gasteiger partial charge on any atom is -0.386 e. The molecule has 0 aromatic rings. The monoisotopic (exact) mass is 235 g/mol. The minimum atomic E-state index is -3.28. The van der Waals surface area contributed by atoms with E-state index in [1.807, 2.05) is 13.8 Å². The van der Waals surface area contributed by atoms with E-state index < -0.39 is 16.1 Å². The van der Waals surface area contributed by atoms with Crippen LogP contribution in [0.1, 0.15) is 39.5 Å². The van der Waals surface area contributed by atoms with Crippen LogP contribution in [-0.4, -0.2) is 26.0 Å². The van der Waals surface area contributed by atoms with Crippen molar-refractivity contribution in [2.24, 2.45) is 5.73 Å². The van der Waals surface area contributed by atoms with E-state index >= 15 is 0 Å². The van der Waals surface area contributed by atoms with E-state index in [0.29, 0.717) is 12.8 Å². The molecule has 6 heteroatoms. The third-order valence-corrected chi connectivity index (χ3v) is 3.51. The Morgan fingerprint density at radius 1 is 1.40 bits per heavy atom. The summed E-state index contributed by atoms with van der Waals surface area (Å²) in [7, 11) is -3.28. The molecule has 0 aromatic carbocycles. The average molecular weight is 235 g/mol. The van der Waals surface area contributed by atoms with Gasteiger partial charge in [0.2, 0.25) is 10.0 Å². The van der Waals surface area contributed by atoms with Crippen LogP contribution in [0.25, 0.3) is 0 Å². The molecule has 0 rings (SSSR count). The Kier molecular flexibility index (Phi) is 6.51. The predicted octanol–water partition coefficient (Wildman–Crippen LogP) is 0.811. The Bertz CT molecular complexity index is 288. The summed E-state index contributed by atoms with van der Waals surface area (Å²) in [6.07, 6.45) is 2.83. The highest BCUT2D eigenvalue weighted by Crippen LogP contribution is 2.01. The van der Waals surface area contributed by atoms with Gasteiger partial charge in [-0.15, -0.1) is 0 Å². The molecule has 0 spiro atoms. The summed E-state index contributed by atoms with van der Waals surface area (Å²) < 4.78 is 25.5. The van der Waals surface area contributed by atoms with Crippen LogP contribution in [0.15, 0.2) is 0 Å². The molecule has 0 aromatic heterocycles. The fraction of sp³-hybridized carbons (Fsp3) is 0.889. The van der Waals surface area contributed by atoms with Crippen molar-refractivity contribution in [1.82, 2.24) is 4.72 Å². The zero-order valence-corrected chi connectivity index (χ0v) is 10.2.